The van der Waals surface area contributed by atoms with Crippen molar-refractivity contribution in [2.45, 2.75) is 53.5 Å². The highest BCUT2D eigenvalue weighted by Gasteiger charge is 2.36. The third-order valence-electron chi connectivity index (χ3n) is 3.49. The summed E-state index contributed by atoms with van der Waals surface area (Å²) in [6.07, 6.45) is 1.86. The van der Waals surface area contributed by atoms with Gasteiger partial charge in [0.2, 0.25) is 5.91 Å². The summed E-state index contributed by atoms with van der Waals surface area (Å²) in [6.45, 7) is 12.1. The van der Waals surface area contributed by atoms with Crippen LogP contribution in [0.2, 0.25) is 0 Å². The summed E-state index contributed by atoms with van der Waals surface area (Å²) in [6, 6.07) is 0.00156. The Kier molecular flexibility index (Phi) is 7.68. The Hall–Kier alpha value is -1.10. The molecule has 0 saturated heterocycles. The molecule has 0 fully saturated rings. The van der Waals surface area contributed by atoms with Gasteiger partial charge in [-0.15, -0.1) is 0 Å². The lowest BCUT2D eigenvalue weighted by atomic mass is 9.92. The van der Waals surface area contributed by atoms with Gasteiger partial charge >= 0.3 is 5.97 Å². The van der Waals surface area contributed by atoms with Crippen molar-refractivity contribution in [2.24, 2.45) is 5.41 Å². The maximum atomic E-state index is 11.8. The molecule has 0 bridgehead atoms. The van der Waals surface area contributed by atoms with E-state index in [-0.39, 0.29) is 6.04 Å². The third-order valence-corrected chi connectivity index (χ3v) is 3.49. The lowest BCUT2D eigenvalue weighted by Crippen LogP contribution is -2.45. The molecule has 2 N–H and O–H groups in total. The quantitative estimate of drug-likeness (QED) is 0.627. The first-order valence-corrected chi connectivity index (χ1v) is 7.02. The van der Waals surface area contributed by atoms with E-state index in [1.807, 2.05) is 6.92 Å². The van der Waals surface area contributed by atoms with Crippen LogP contribution in [0.5, 0.6) is 0 Å². The molecule has 0 aliphatic heterocycles. The zero-order chi connectivity index (χ0) is 15.1. The summed E-state index contributed by atoms with van der Waals surface area (Å²) >= 11 is 0. The molecule has 0 aromatic heterocycles. The Balaban J connectivity index is 4.08. The fraction of sp³-hybridized carbons (Fsp3) is 0.857. The Morgan fingerprint density at radius 3 is 2.21 bits per heavy atom. The molecule has 112 valence electrons. The largest absolute Gasteiger partial charge is 0.480 e. The Bertz CT molecular complexity index is 299. The third kappa shape index (κ3) is 6.05. The van der Waals surface area contributed by atoms with E-state index in [0.717, 1.165) is 32.5 Å². The monoisotopic (exact) mass is 272 g/mol. The molecule has 1 atom stereocenters. The van der Waals surface area contributed by atoms with Gasteiger partial charge in [-0.05, 0) is 53.2 Å². The summed E-state index contributed by atoms with van der Waals surface area (Å²) in [7, 11) is 0. The van der Waals surface area contributed by atoms with E-state index >= 15 is 0 Å². The minimum Gasteiger partial charge on any atom is -0.480 e. The van der Waals surface area contributed by atoms with Crippen LogP contribution in [-0.4, -0.2) is 47.6 Å². The SMILES string of the molecule is CCN(CC)CCCC(C)NC(=O)C(C)(C)C(=O)O. The molecule has 0 aliphatic rings. The van der Waals surface area contributed by atoms with Crippen molar-refractivity contribution in [1.29, 1.82) is 0 Å². The molecule has 0 spiro atoms. The van der Waals surface area contributed by atoms with Crippen molar-refractivity contribution < 1.29 is 14.7 Å². The van der Waals surface area contributed by atoms with Gasteiger partial charge in [0, 0.05) is 6.04 Å². The van der Waals surface area contributed by atoms with E-state index in [1.165, 1.54) is 13.8 Å². The number of rotatable bonds is 9. The Labute approximate surface area is 116 Å². The van der Waals surface area contributed by atoms with Gasteiger partial charge in [0.1, 0.15) is 5.41 Å². The molecule has 0 aliphatic carbocycles. The highest BCUT2D eigenvalue weighted by molar-refractivity contribution is 6.01. The normalized spacial score (nSPS) is 13.4. The number of carbonyl (C=O) groups excluding carboxylic acids is 1. The van der Waals surface area contributed by atoms with Gasteiger partial charge in [-0.2, -0.15) is 0 Å². The van der Waals surface area contributed by atoms with E-state index in [4.69, 9.17) is 5.11 Å². The number of carboxylic acids is 1. The van der Waals surface area contributed by atoms with Crippen molar-refractivity contribution in [1.82, 2.24) is 10.2 Å². The van der Waals surface area contributed by atoms with Crippen LogP contribution in [0.4, 0.5) is 0 Å². The number of hydrogen-bond donors (Lipinski definition) is 2. The predicted molar refractivity (Wildman–Crippen MR) is 76.0 cm³/mol. The van der Waals surface area contributed by atoms with Gasteiger partial charge in [-0.25, -0.2) is 0 Å². The van der Waals surface area contributed by atoms with Crippen LogP contribution in [0.3, 0.4) is 0 Å². The van der Waals surface area contributed by atoms with E-state index in [9.17, 15) is 9.59 Å². The first-order chi connectivity index (χ1) is 8.75. The van der Waals surface area contributed by atoms with Gasteiger partial charge in [-0.1, -0.05) is 13.8 Å². The molecule has 0 radical (unpaired) electrons. The summed E-state index contributed by atoms with van der Waals surface area (Å²) < 4.78 is 0. The Morgan fingerprint density at radius 2 is 1.79 bits per heavy atom. The van der Waals surface area contributed by atoms with Gasteiger partial charge in [0.05, 0.1) is 0 Å². The highest BCUT2D eigenvalue weighted by Crippen LogP contribution is 2.15. The van der Waals surface area contributed by atoms with Crippen LogP contribution in [0, 0.1) is 5.41 Å². The second-order valence-corrected chi connectivity index (χ2v) is 5.47. The van der Waals surface area contributed by atoms with E-state index in [0.29, 0.717) is 0 Å². The van der Waals surface area contributed by atoms with E-state index in [1.54, 1.807) is 0 Å². The average Bonchev–Trinajstić information content (AvgIpc) is 2.34. The van der Waals surface area contributed by atoms with Crippen LogP contribution >= 0.6 is 0 Å². The first-order valence-electron chi connectivity index (χ1n) is 7.02. The van der Waals surface area contributed by atoms with Crippen LogP contribution in [0.1, 0.15) is 47.5 Å². The second kappa shape index (κ2) is 8.15. The smallest absolute Gasteiger partial charge is 0.318 e. The Morgan fingerprint density at radius 1 is 1.26 bits per heavy atom. The van der Waals surface area contributed by atoms with Crippen molar-refractivity contribution in [2.75, 3.05) is 19.6 Å². The highest BCUT2D eigenvalue weighted by atomic mass is 16.4. The molecule has 1 unspecified atom stereocenters. The molecule has 0 saturated carbocycles. The fourth-order valence-electron chi connectivity index (χ4n) is 1.73. The molecule has 0 heterocycles. The van der Waals surface area contributed by atoms with Crippen LogP contribution < -0.4 is 5.32 Å². The van der Waals surface area contributed by atoms with Crippen molar-refractivity contribution in [3.63, 3.8) is 0 Å². The van der Waals surface area contributed by atoms with Crippen molar-refractivity contribution in [3.05, 3.63) is 0 Å². The average molecular weight is 272 g/mol. The summed E-state index contributed by atoms with van der Waals surface area (Å²) in [4.78, 5) is 25.1. The fourth-order valence-corrected chi connectivity index (χ4v) is 1.73. The van der Waals surface area contributed by atoms with Gasteiger partial charge in [0.15, 0.2) is 0 Å². The molecular weight excluding hydrogens is 244 g/mol. The lowest BCUT2D eigenvalue weighted by Gasteiger charge is -2.23. The molecule has 0 aromatic rings. The summed E-state index contributed by atoms with van der Waals surface area (Å²) in [5, 5.41) is 11.7. The van der Waals surface area contributed by atoms with Crippen LogP contribution in [-0.2, 0) is 9.59 Å². The molecule has 19 heavy (non-hydrogen) atoms. The maximum absolute atomic E-state index is 11.8. The van der Waals surface area contributed by atoms with Crippen molar-refractivity contribution in [3.8, 4) is 0 Å². The number of carboxylic acid groups (broad SMARTS) is 1. The zero-order valence-electron chi connectivity index (χ0n) is 12.8. The van der Waals surface area contributed by atoms with Crippen LogP contribution in [0.25, 0.3) is 0 Å². The molecule has 0 rings (SSSR count). The molecule has 5 nitrogen and oxygen atoms in total. The van der Waals surface area contributed by atoms with Gasteiger partial charge in [0.25, 0.3) is 0 Å². The minimum atomic E-state index is -1.37. The number of nitrogens with one attached hydrogen (secondary N) is 1. The van der Waals surface area contributed by atoms with E-state index in [2.05, 4.69) is 24.1 Å². The van der Waals surface area contributed by atoms with Crippen molar-refractivity contribution >= 4 is 11.9 Å². The number of aliphatic carboxylic acids is 1. The number of carbonyl (C=O) groups is 2. The molecule has 5 heteroatoms. The number of hydrogen-bond acceptors (Lipinski definition) is 3. The van der Waals surface area contributed by atoms with Crippen LogP contribution in [0.15, 0.2) is 0 Å². The standard InChI is InChI=1S/C14H28N2O3/c1-6-16(7-2)10-8-9-11(3)15-12(17)14(4,5)13(18)19/h11H,6-10H2,1-5H3,(H,15,17)(H,18,19). The molecule has 1 amide bonds. The minimum absolute atomic E-state index is 0.00156. The van der Waals surface area contributed by atoms with Gasteiger partial charge in [-0.3, -0.25) is 9.59 Å². The van der Waals surface area contributed by atoms with Gasteiger partial charge < -0.3 is 15.3 Å². The summed E-state index contributed by atoms with van der Waals surface area (Å²) in [5.41, 5.74) is -1.37. The first kappa shape index (κ1) is 17.9. The zero-order valence-corrected chi connectivity index (χ0v) is 12.8. The van der Waals surface area contributed by atoms with E-state index < -0.39 is 17.3 Å². The topological polar surface area (TPSA) is 69.6 Å². The lowest BCUT2D eigenvalue weighted by molar-refractivity contribution is -0.153. The second-order valence-electron chi connectivity index (χ2n) is 5.47. The number of amides is 1. The maximum Gasteiger partial charge on any atom is 0.318 e. The molecule has 0 aromatic carbocycles. The predicted octanol–water partition coefficient (Wildman–Crippen LogP) is 1.72. The summed E-state index contributed by atoms with van der Waals surface area (Å²) in [5.74, 6) is -1.52. The number of nitrogens with zero attached hydrogens (tertiary/aromatic N) is 1. The molecular formula is C14H28N2O3.